The van der Waals surface area contributed by atoms with Crippen LogP contribution in [0.1, 0.15) is 107 Å². The van der Waals surface area contributed by atoms with E-state index in [0.717, 1.165) is 28.4 Å². The van der Waals surface area contributed by atoms with Gasteiger partial charge in [0.15, 0.2) is 0 Å². The number of anilines is 9. The molecule has 89 heavy (non-hydrogen) atoms. The van der Waals surface area contributed by atoms with E-state index in [9.17, 15) is 0 Å². The molecule has 4 nitrogen and oxygen atoms in total. The van der Waals surface area contributed by atoms with Gasteiger partial charge in [0.2, 0.25) is 0 Å². The SMILES string of the molecule is Cc1cc2c3c(c1)N(c1ccc(C(C)(C)C)cc1)c1cc(C(C)(C)C)ccc1B3c1ccc(N(c3ccc4c5ccccc5n(-c5ccccc5)c4c3)c3c(C)cc(C(C)(C)C)cc3C)cc1N2c1cc(C)c(-c2cccc3c2sc2ccccc23)c(C)c1. The third-order valence-corrected chi connectivity index (χ3v) is 20.5. The van der Waals surface area contributed by atoms with Crippen molar-refractivity contribution in [2.45, 2.75) is 113 Å². The predicted molar refractivity (Wildman–Crippen MR) is 388 cm³/mol. The zero-order valence-corrected chi connectivity index (χ0v) is 54.8. The number of thiophene rings is 1. The Morgan fingerprint density at radius 1 is 0.382 bits per heavy atom. The van der Waals surface area contributed by atoms with Crippen molar-refractivity contribution in [1.29, 1.82) is 0 Å². The van der Waals surface area contributed by atoms with Gasteiger partial charge in [0.25, 0.3) is 6.71 Å². The van der Waals surface area contributed by atoms with E-state index < -0.39 is 0 Å². The predicted octanol–water partition coefficient (Wildman–Crippen LogP) is 21.8. The van der Waals surface area contributed by atoms with Gasteiger partial charge in [-0.05, 0) is 208 Å². The summed E-state index contributed by atoms with van der Waals surface area (Å²) in [6, 6.07) is 81.6. The highest BCUT2D eigenvalue weighted by molar-refractivity contribution is 7.26. The number of hydrogen-bond acceptors (Lipinski definition) is 4. The summed E-state index contributed by atoms with van der Waals surface area (Å²) in [7, 11) is 0. The van der Waals surface area contributed by atoms with Crippen LogP contribution in [0.3, 0.4) is 0 Å². The van der Waals surface area contributed by atoms with Crippen molar-refractivity contribution in [3.05, 3.63) is 257 Å². The second kappa shape index (κ2) is 20.5. The molecule has 0 saturated carbocycles. The van der Waals surface area contributed by atoms with E-state index in [1.807, 2.05) is 11.3 Å². The Morgan fingerprint density at radius 2 is 0.933 bits per heavy atom. The first-order valence-corrected chi connectivity index (χ1v) is 32.6. The topological polar surface area (TPSA) is 14.7 Å². The number of aromatic nitrogens is 1. The molecule has 0 radical (unpaired) electrons. The fraction of sp³-hybridized carbons (Fsp3) is 0.205. The fourth-order valence-corrected chi connectivity index (χ4v) is 16.2. The van der Waals surface area contributed by atoms with Gasteiger partial charge in [-0.25, -0.2) is 0 Å². The maximum absolute atomic E-state index is 2.64. The van der Waals surface area contributed by atoms with Crippen molar-refractivity contribution in [3.8, 4) is 16.8 Å². The van der Waals surface area contributed by atoms with Gasteiger partial charge in [-0.1, -0.05) is 184 Å². The first-order valence-electron chi connectivity index (χ1n) is 31.8. The molecule has 11 aromatic carbocycles. The summed E-state index contributed by atoms with van der Waals surface area (Å²) in [6.45, 7) is 32.5. The number of para-hydroxylation sites is 2. The van der Waals surface area contributed by atoms with E-state index in [-0.39, 0.29) is 23.0 Å². The molecule has 4 heterocycles. The fourth-order valence-electron chi connectivity index (χ4n) is 14.9. The molecule has 2 aliphatic rings. The van der Waals surface area contributed by atoms with Gasteiger partial charge in [-0.2, -0.15) is 0 Å². The van der Waals surface area contributed by atoms with Crippen molar-refractivity contribution in [3.63, 3.8) is 0 Å². The lowest BCUT2D eigenvalue weighted by Crippen LogP contribution is -2.61. The maximum atomic E-state index is 2.64. The first-order chi connectivity index (χ1) is 42.6. The third kappa shape index (κ3) is 9.14. The van der Waals surface area contributed by atoms with Crippen molar-refractivity contribution < 1.29 is 0 Å². The third-order valence-electron chi connectivity index (χ3n) is 19.3. The number of rotatable bonds is 7. The molecular formula is C83H77BN4S. The summed E-state index contributed by atoms with van der Waals surface area (Å²) in [5.41, 5.74) is 30.6. The van der Waals surface area contributed by atoms with Crippen LogP contribution in [-0.4, -0.2) is 11.3 Å². The Hall–Kier alpha value is -9.10. The molecule has 0 unspecified atom stereocenters. The van der Waals surface area contributed by atoms with Crippen LogP contribution < -0.4 is 31.1 Å². The lowest BCUT2D eigenvalue weighted by atomic mass is 9.33. The molecule has 0 N–H and O–H groups in total. The van der Waals surface area contributed by atoms with E-state index in [1.54, 1.807) is 0 Å². The Kier molecular flexibility index (Phi) is 13.0. The smallest absolute Gasteiger partial charge is 0.252 e. The molecule has 2 aliphatic heterocycles. The standard InChI is InChI=1S/C83H77BN4S/c1-50-41-74-78-75(42-50)88(62-45-51(2)77(52(3)46-62)67-28-22-27-66-65-26-19-21-30-76(65)89-80(66)67)73-49-61(37-40-69(73)84(78)68-39-33-56(82(9,10)11)47-72(68)87(74)59-34-31-55(32-35-59)81(6,7)8)85(79-53(4)43-57(44-54(79)5)83(12,13)14)60-36-38-64-63-25-18-20-29-70(63)86(71(64)48-60)58-23-16-15-17-24-58/h15-49H,1-14H3. The second-order valence-corrected chi connectivity index (χ2v) is 29.6. The van der Waals surface area contributed by atoms with Crippen molar-refractivity contribution in [2.75, 3.05) is 14.7 Å². The Labute approximate surface area is 530 Å². The average Bonchev–Trinajstić information content (AvgIpc) is 1.78. The van der Waals surface area contributed by atoms with Crippen LogP contribution in [0.15, 0.2) is 212 Å². The minimum atomic E-state index is -0.0708. The van der Waals surface area contributed by atoms with Gasteiger partial charge in [-0.3, -0.25) is 0 Å². The van der Waals surface area contributed by atoms with Crippen molar-refractivity contribution in [2.24, 2.45) is 0 Å². The Morgan fingerprint density at radius 3 is 1.61 bits per heavy atom. The van der Waals surface area contributed by atoms with Gasteiger partial charge < -0.3 is 19.3 Å². The molecule has 6 heteroatoms. The van der Waals surface area contributed by atoms with Crippen molar-refractivity contribution >= 4 is 128 Å². The lowest BCUT2D eigenvalue weighted by Gasteiger charge is -2.45. The van der Waals surface area contributed by atoms with E-state index in [4.69, 9.17) is 0 Å². The molecule has 438 valence electrons. The Balaban J connectivity index is 1.01. The molecular weight excluding hydrogens is 1100 g/mol. The van der Waals surface area contributed by atoms with Crippen LogP contribution in [0.5, 0.6) is 0 Å². The molecule has 0 bridgehead atoms. The highest BCUT2D eigenvalue weighted by Gasteiger charge is 2.44. The van der Waals surface area contributed by atoms with Gasteiger partial charge in [0.1, 0.15) is 0 Å². The molecule has 0 fully saturated rings. The largest absolute Gasteiger partial charge is 0.311 e. The lowest BCUT2D eigenvalue weighted by molar-refractivity contribution is 0.589. The minimum absolute atomic E-state index is 0.0162. The molecule has 15 rings (SSSR count). The zero-order chi connectivity index (χ0) is 61.7. The van der Waals surface area contributed by atoms with Crippen LogP contribution in [0.25, 0.3) is 58.8 Å². The van der Waals surface area contributed by atoms with Gasteiger partial charge in [0, 0.05) is 87.7 Å². The summed E-state index contributed by atoms with van der Waals surface area (Å²) in [6.07, 6.45) is 0. The molecule has 0 aliphatic carbocycles. The molecule has 0 amide bonds. The number of hydrogen-bond donors (Lipinski definition) is 0. The molecule has 0 saturated heterocycles. The highest BCUT2D eigenvalue weighted by Crippen LogP contribution is 2.51. The Bertz CT molecular complexity index is 4990. The summed E-state index contributed by atoms with van der Waals surface area (Å²) < 4.78 is 5.10. The summed E-state index contributed by atoms with van der Waals surface area (Å²) in [5, 5.41) is 5.10. The van der Waals surface area contributed by atoms with E-state index in [2.05, 4.69) is 329 Å². The molecule has 13 aromatic rings. The van der Waals surface area contributed by atoms with Crippen LogP contribution in [0.2, 0.25) is 0 Å². The van der Waals surface area contributed by atoms with Crippen LogP contribution in [-0.2, 0) is 16.2 Å². The summed E-state index contributed by atoms with van der Waals surface area (Å²) >= 11 is 1.91. The van der Waals surface area contributed by atoms with Gasteiger partial charge in [-0.15, -0.1) is 11.3 Å². The number of nitrogens with zero attached hydrogens (tertiary/aromatic N) is 4. The van der Waals surface area contributed by atoms with Gasteiger partial charge >= 0.3 is 0 Å². The van der Waals surface area contributed by atoms with E-state index >= 15 is 0 Å². The minimum Gasteiger partial charge on any atom is -0.311 e. The number of aryl methyl sites for hydroxylation is 5. The number of benzene rings is 11. The van der Waals surface area contributed by atoms with Crippen LogP contribution in [0, 0.1) is 34.6 Å². The van der Waals surface area contributed by atoms with Crippen molar-refractivity contribution in [1.82, 2.24) is 4.57 Å². The number of fused-ring (bicyclic) bond motifs is 10. The van der Waals surface area contributed by atoms with Crippen LogP contribution in [0.4, 0.5) is 51.2 Å². The second-order valence-electron chi connectivity index (χ2n) is 28.6. The average molecular weight is 1170 g/mol. The summed E-state index contributed by atoms with van der Waals surface area (Å²) in [4.78, 5) is 7.79. The van der Waals surface area contributed by atoms with Crippen LogP contribution >= 0.6 is 11.3 Å². The van der Waals surface area contributed by atoms with E-state index in [1.165, 1.54) is 142 Å². The maximum Gasteiger partial charge on any atom is 0.252 e. The highest BCUT2D eigenvalue weighted by atomic mass is 32.1. The van der Waals surface area contributed by atoms with Gasteiger partial charge in [0.05, 0.1) is 16.7 Å². The first kappa shape index (κ1) is 56.4. The zero-order valence-electron chi connectivity index (χ0n) is 54.0. The molecule has 0 spiro atoms. The molecule has 2 aromatic heterocycles. The summed E-state index contributed by atoms with van der Waals surface area (Å²) in [5.74, 6) is 0. The molecule has 0 atom stereocenters. The normalized spacial score (nSPS) is 13.2. The quantitative estimate of drug-likeness (QED) is 0.148. The van der Waals surface area contributed by atoms with E-state index in [0.29, 0.717) is 0 Å². The monoisotopic (exact) mass is 1170 g/mol.